The van der Waals surface area contributed by atoms with Gasteiger partial charge in [-0.2, -0.15) is 0 Å². The Kier molecular flexibility index (Phi) is 4.98. The summed E-state index contributed by atoms with van der Waals surface area (Å²) in [4.78, 5) is 31.3. The number of rotatable bonds is 7. The van der Waals surface area contributed by atoms with E-state index in [1.807, 2.05) is 0 Å². The van der Waals surface area contributed by atoms with Gasteiger partial charge in [0.1, 0.15) is 12.0 Å². The number of carbonyl (C=O) groups excluding carboxylic acids is 1. The largest absolute Gasteiger partial charge is 0.379 e. The molecule has 2 rings (SSSR count). The van der Waals surface area contributed by atoms with Crippen LogP contribution in [0.1, 0.15) is 15.9 Å². The van der Waals surface area contributed by atoms with E-state index in [0.29, 0.717) is 18.5 Å². The van der Waals surface area contributed by atoms with Crippen molar-refractivity contribution in [1.29, 1.82) is 0 Å². The standard InChI is InChI=1S/C15H13N3O5/c19-10-12-4-2-1-3-11(12)7-8-16-14-6-5-13(17(20)21)9-15(14)18(22)23/h1-6,9-10,16H,7-8H2. The van der Waals surface area contributed by atoms with Crippen LogP contribution in [-0.2, 0) is 6.42 Å². The minimum atomic E-state index is -0.683. The molecule has 8 nitrogen and oxygen atoms in total. The van der Waals surface area contributed by atoms with Gasteiger partial charge >= 0.3 is 0 Å². The number of non-ortho nitro benzene ring substituents is 1. The number of nitro groups is 2. The second kappa shape index (κ2) is 7.12. The monoisotopic (exact) mass is 315 g/mol. The average Bonchev–Trinajstić information content (AvgIpc) is 2.55. The summed E-state index contributed by atoms with van der Waals surface area (Å²) in [5, 5.41) is 24.6. The summed E-state index contributed by atoms with van der Waals surface area (Å²) in [6.45, 7) is 0.351. The Labute approximate surface area is 131 Å². The molecule has 0 radical (unpaired) electrons. The van der Waals surface area contributed by atoms with Gasteiger partial charge in [0, 0.05) is 18.2 Å². The first-order valence-corrected chi connectivity index (χ1v) is 6.72. The molecule has 118 valence electrons. The van der Waals surface area contributed by atoms with Crippen LogP contribution in [0.3, 0.4) is 0 Å². The number of hydrogen-bond donors (Lipinski definition) is 1. The fraction of sp³-hybridized carbons (Fsp3) is 0.133. The number of anilines is 1. The predicted octanol–water partition coefficient (Wildman–Crippen LogP) is 2.97. The molecule has 23 heavy (non-hydrogen) atoms. The molecular formula is C15H13N3O5. The van der Waals surface area contributed by atoms with E-state index >= 15 is 0 Å². The van der Waals surface area contributed by atoms with Crippen molar-refractivity contribution in [2.75, 3.05) is 11.9 Å². The van der Waals surface area contributed by atoms with Crippen molar-refractivity contribution in [3.05, 3.63) is 73.8 Å². The first kappa shape index (κ1) is 16.1. The molecule has 0 aliphatic rings. The molecule has 0 aliphatic heterocycles. The topological polar surface area (TPSA) is 115 Å². The molecule has 0 atom stereocenters. The van der Waals surface area contributed by atoms with E-state index in [-0.39, 0.29) is 17.1 Å². The summed E-state index contributed by atoms with van der Waals surface area (Å²) >= 11 is 0. The van der Waals surface area contributed by atoms with Gasteiger partial charge in [-0.15, -0.1) is 0 Å². The summed E-state index contributed by atoms with van der Waals surface area (Å²) in [7, 11) is 0. The van der Waals surface area contributed by atoms with Crippen molar-refractivity contribution in [1.82, 2.24) is 0 Å². The molecule has 0 heterocycles. The van der Waals surface area contributed by atoms with Gasteiger partial charge in [0.05, 0.1) is 15.9 Å². The van der Waals surface area contributed by atoms with Crippen LogP contribution in [-0.4, -0.2) is 22.7 Å². The Morgan fingerprint density at radius 2 is 1.78 bits per heavy atom. The molecule has 2 aromatic carbocycles. The number of aldehydes is 1. The molecule has 0 fully saturated rings. The molecule has 0 saturated carbocycles. The van der Waals surface area contributed by atoms with Crippen molar-refractivity contribution >= 4 is 23.3 Å². The predicted molar refractivity (Wildman–Crippen MR) is 83.8 cm³/mol. The maximum absolute atomic E-state index is 11.0. The second-order valence-corrected chi connectivity index (χ2v) is 4.71. The molecule has 0 spiro atoms. The molecule has 0 saturated heterocycles. The summed E-state index contributed by atoms with van der Waals surface area (Å²) < 4.78 is 0. The lowest BCUT2D eigenvalue weighted by Gasteiger charge is -2.08. The van der Waals surface area contributed by atoms with E-state index in [0.717, 1.165) is 17.9 Å². The number of nitro benzene ring substituents is 2. The van der Waals surface area contributed by atoms with Crippen molar-refractivity contribution in [3.8, 4) is 0 Å². The fourth-order valence-electron chi connectivity index (χ4n) is 2.14. The maximum atomic E-state index is 11.0. The van der Waals surface area contributed by atoms with E-state index in [1.54, 1.807) is 24.3 Å². The molecule has 2 aromatic rings. The Morgan fingerprint density at radius 3 is 2.43 bits per heavy atom. The molecule has 0 amide bonds. The minimum absolute atomic E-state index is 0.198. The summed E-state index contributed by atoms with van der Waals surface area (Å²) in [6, 6.07) is 10.5. The molecule has 0 unspecified atom stereocenters. The molecule has 8 heteroatoms. The summed E-state index contributed by atoms with van der Waals surface area (Å²) in [5.74, 6) is 0. The van der Waals surface area contributed by atoms with Crippen LogP contribution >= 0.6 is 0 Å². The normalized spacial score (nSPS) is 10.1. The minimum Gasteiger partial charge on any atom is -0.379 e. The molecule has 0 bridgehead atoms. The highest BCUT2D eigenvalue weighted by atomic mass is 16.6. The third-order valence-corrected chi connectivity index (χ3v) is 3.28. The highest BCUT2D eigenvalue weighted by Gasteiger charge is 2.19. The lowest BCUT2D eigenvalue weighted by atomic mass is 10.1. The SMILES string of the molecule is O=Cc1ccccc1CCNc1ccc([N+](=O)[O-])cc1[N+](=O)[O-]. The van der Waals surface area contributed by atoms with Gasteiger partial charge in [-0.3, -0.25) is 25.0 Å². The van der Waals surface area contributed by atoms with Crippen molar-refractivity contribution < 1.29 is 14.6 Å². The van der Waals surface area contributed by atoms with Crippen LogP contribution in [0, 0.1) is 20.2 Å². The zero-order valence-electron chi connectivity index (χ0n) is 12.0. The third kappa shape index (κ3) is 3.88. The van der Waals surface area contributed by atoms with Gasteiger partial charge in [0.15, 0.2) is 0 Å². The zero-order valence-corrected chi connectivity index (χ0v) is 12.0. The van der Waals surface area contributed by atoms with Gasteiger partial charge in [0.2, 0.25) is 0 Å². The lowest BCUT2D eigenvalue weighted by molar-refractivity contribution is -0.393. The first-order valence-electron chi connectivity index (χ1n) is 6.72. The van der Waals surface area contributed by atoms with Gasteiger partial charge in [0.25, 0.3) is 11.4 Å². The van der Waals surface area contributed by atoms with Crippen molar-refractivity contribution in [2.45, 2.75) is 6.42 Å². The smallest absolute Gasteiger partial charge is 0.299 e. The fourth-order valence-corrected chi connectivity index (χ4v) is 2.14. The van der Waals surface area contributed by atoms with E-state index in [1.165, 1.54) is 12.1 Å². The highest BCUT2D eigenvalue weighted by Crippen LogP contribution is 2.28. The first-order chi connectivity index (χ1) is 11.0. The molecule has 0 aliphatic carbocycles. The van der Waals surface area contributed by atoms with Gasteiger partial charge in [-0.25, -0.2) is 0 Å². The Bertz CT molecular complexity index is 761. The zero-order chi connectivity index (χ0) is 16.8. The van der Waals surface area contributed by atoms with Crippen LogP contribution in [0.2, 0.25) is 0 Å². The van der Waals surface area contributed by atoms with E-state index in [4.69, 9.17) is 0 Å². The second-order valence-electron chi connectivity index (χ2n) is 4.71. The Balaban J connectivity index is 2.12. The summed E-state index contributed by atoms with van der Waals surface area (Å²) in [5.41, 5.74) is 0.882. The van der Waals surface area contributed by atoms with Crippen LogP contribution in [0.4, 0.5) is 17.1 Å². The number of hydrogen-bond acceptors (Lipinski definition) is 6. The van der Waals surface area contributed by atoms with E-state index in [9.17, 15) is 25.0 Å². The highest BCUT2D eigenvalue weighted by molar-refractivity contribution is 5.77. The summed E-state index contributed by atoms with van der Waals surface area (Å²) in [6.07, 6.45) is 1.24. The van der Waals surface area contributed by atoms with Crippen LogP contribution < -0.4 is 5.32 Å². The lowest BCUT2D eigenvalue weighted by Crippen LogP contribution is -2.08. The maximum Gasteiger partial charge on any atom is 0.299 e. The van der Waals surface area contributed by atoms with Crippen molar-refractivity contribution in [2.24, 2.45) is 0 Å². The molecule has 0 aromatic heterocycles. The Morgan fingerprint density at radius 1 is 1.04 bits per heavy atom. The quantitative estimate of drug-likeness (QED) is 0.477. The molecular weight excluding hydrogens is 302 g/mol. The van der Waals surface area contributed by atoms with Crippen LogP contribution in [0.15, 0.2) is 42.5 Å². The van der Waals surface area contributed by atoms with Gasteiger partial charge in [-0.05, 0) is 18.1 Å². The third-order valence-electron chi connectivity index (χ3n) is 3.28. The number of benzene rings is 2. The number of carbonyl (C=O) groups is 1. The van der Waals surface area contributed by atoms with Crippen LogP contribution in [0.25, 0.3) is 0 Å². The van der Waals surface area contributed by atoms with E-state index < -0.39 is 9.85 Å². The number of nitrogens with zero attached hydrogens (tertiary/aromatic N) is 2. The number of nitrogens with one attached hydrogen (secondary N) is 1. The van der Waals surface area contributed by atoms with Crippen molar-refractivity contribution in [3.63, 3.8) is 0 Å². The van der Waals surface area contributed by atoms with Crippen LogP contribution in [0.5, 0.6) is 0 Å². The van der Waals surface area contributed by atoms with E-state index in [2.05, 4.69) is 5.32 Å². The Hall–Kier alpha value is -3.29. The van der Waals surface area contributed by atoms with Gasteiger partial charge < -0.3 is 5.32 Å². The van der Waals surface area contributed by atoms with Gasteiger partial charge in [-0.1, -0.05) is 24.3 Å². The molecule has 1 N–H and O–H groups in total. The average molecular weight is 315 g/mol.